The van der Waals surface area contributed by atoms with Crippen molar-refractivity contribution in [3.63, 3.8) is 0 Å². The van der Waals surface area contributed by atoms with E-state index < -0.39 is 12.1 Å². The first-order valence-electron chi connectivity index (χ1n) is 10.2. The first-order chi connectivity index (χ1) is 14.9. The van der Waals surface area contributed by atoms with Crippen LogP contribution in [0.2, 0.25) is 5.15 Å². The second-order valence-electron chi connectivity index (χ2n) is 7.50. The van der Waals surface area contributed by atoms with Gasteiger partial charge in [-0.3, -0.25) is 4.79 Å². The van der Waals surface area contributed by atoms with Gasteiger partial charge in [-0.1, -0.05) is 79.2 Å². The molecular formula is C24H26ClN3O3. The number of halogens is 1. The predicted octanol–water partition coefficient (Wildman–Crippen LogP) is 4.36. The van der Waals surface area contributed by atoms with Crippen molar-refractivity contribution in [3.8, 4) is 0 Å². The minimum Gasteiger partial charge on any atom is -0.449 e. The molecule has 0 radical (unpaired) electrons. The monoisotopic (exact) mass is 439 g/mol. The van der Waals surface area contributed by atoms with Gasteiger partial charge < -0.3 is 10.1 Å². The molecule has 0 aliphatic heterocycles. The lowest BCUT2D eigenvalue weighted by molar-refractivity contribution is -0.129. The van der Waals surface area contributed by atoms with Crippen LogP contribution in [0.25, 0.3) is 0 Å². The SMILES string of the molecule is Cc1nn(Cc2ccccc2)c(Cl)c1C(=O)O[C@H](C)C(=O)NC[C@H](C)c1ccccc1. The molecule has 0 fully saturated rings. The molecule has 0 unspecified atom stereocenters. The molecule has 1 aromatic heterocycles. The third-order valence-corrected chi connectivity index (χ3v) is 5.43. The van der Waals surface area contributed by atoms with E-state index in [2.05, 4.69) is 10.4 Å². The summed E-state index contributed by atoms with van der Waals surface area (Å²) in [5, 5.41) is 7.38. The average Bonchev–Trinajstić information content (AvgIpc) is 3.05. The largest absolute Gasteiger partial charge is 0.449 e. The van der Waals surface area contributed by atoms with Crippen LogP contribution in [-0.2, 0) is 16.1 Å². The molecule has 1 N–H and O–H groups in total. The Labute approximate surface area is 187 Å². The van der Waals surface area contributed by atoms with E-state index >= 15 is 0 Å². The number of ether oxygens (including phenoxy) is 1. The molecule has 1 heterocycles. The summed E-state index contributed by atoms with van der Waals surface area (Å²) in [5.41, 5.74) is 2.76. The first kappa shape index (κ1) is 22.6. The van der Waals surface area contributed by atoms with Crippen molar-refractivity contribution in [1.29, 1.82) is 0 Å². The lowest BCUT2D eigenvalue weighted by Crippen LogP contribution is -2.37. The summed E-state index contributed by atoms with van der Waals surface area (Å²) >= 11 is 6.41. The molecule has 162 valence electrons. The predicted molar refractivity (Wildman–Crippen MR) is 120 cm³/mol. The fraction of sp³-hybridized carbons (Fsp3) is 0.292. The summed E-state index contributed by atoms with van der Waals surface area (Å²) in [7, 11) is 0. The van der Waals surface area contributed by atoms with E-state index in [-0.39, 0.29) is 22.5 Å². The van der Waals surface area contributed by atoms with Gasteiger partial charge >= 0.3 is 5.97 Å². The van der Waals surface area contributed by atoms with Gasteiger partial charge in [-0.2, -0.15) is 5.10 Å². The number of amides is 1. The highest BCUT2D eigenvalue weighted by atomic mass is 35.5. The highest BCUT2D eigenvalue weighted by molar-refractivity contribution is 6.32. The van der Waals surface area contributed by atoms with E-state index in [1.807, 2.05) is 67.6 Å². The normalized spacial score (nSPS) is 12.8. The van der Waals surface area contributed by atoms with Crippen molar-refractivity contribution in [3.05, 3.63) is 88.2 Å². The van der Waals surface area contributed by atoms with Gasteiger partial charge in [0.05, 0.1) is 12.2 Å². The van der Waals surface area contributed by atoms with E-state index in [1.54, 1.807) is 11.6 Å². The van der Waals surface area contributed by atoms with Crippen LogP contribution in [-0.4, -0.2) is 34.3 Å². The Kier molecular flexibility index (Phi) is 7.47. The third kappa shape index (κ3) is 5.73. The Morgan fingerprint density at radius 1 is 1.06 bits per heavy atom. The van der Waals surface area contributed by atoms with Gasteiger partial charge in [0.2, 0.25) is 0 Å². The van der Waals surface area contributed by atoms with E-state index in [9.17, 15) is 9.59 Å². The lowest BCUT2D eigenvalue weighted by atomic mass is 10.0. The zero-order valence-corrected chi connectivity index (χ0v) is 18.6. The highest BCUT2D eigenvalue weighted by Crippen LogP contribution is 2.22. The molecular weight excluding hydrogens is 414 g/mol. The van der Waals surface area contributed by atoms with Crippen molar-refractivity contribution in [2.24, 2.45) is 0 Å². The summed E-state index contributed by atoms with van der Waals surface area (Å²) in [6.07, 6.45) is -0.955. The summed E-state index contributed by atoms with van der Waals surface area (Å²) < 4.78 is 6.92. The maximum absolute atomic E-state index is 12.7. The number of esters is 1. The molecule has 3 rings (SSSR count). The molecule has 0 saturated carbocycles. The molecule has 0 spiro atoms. The number of nitrogens with zero attached hydrogens (tertiary/aromatic N) is 2. The Balaban J connectivity index is 1.59. The summed E-state index contributed by atoms with van der Waals surface area (Å²) in [6, 6.07) is 19.6. The van der Waals surface area contributed by atoms with Gasteiger partial charge in [0.25, 0.3) is 5.91 Å². The summed E-state index contributed by atoms with van der Waals surface area (Å²) in [4.78, 5) is 25.1. The number of aromatic nitrogens is 2. The van der Waals surface area contributed by atoms with Gasteiger partial charge in [0.1, 0.15) is 10.7 Å². The van der Waals surface area contributed by atoms with Crippen molar-refractivity contribution in [2.45, 2.75) is 39.3 Å². The number of carbonyl (C=O) groups is 2. The smallest absolute Gasteiger partial charge is 0.343 e. The Morgan fingerprint density at radius 3 is 2.32 bits per heavy atom. The van der Waals surface area contributed by atoms with Gasteiger partial charge in [-0.25, -0.2) is 9.48 Å². The molecule has 7 heteroatoms. The van der Waals surface area contributed by atoms with Gasteiger partial charge in [-0.05, 0) is 30.9 Å². The number of hydrogen-bond donors (Lipinski definition) is 1. The lowest BCUT2D eigenvalue weighted by Gasteiger charge is -2.16. The third-order valence-electron chi connectivity index (χ3n) is 5.05. The van der Waals surface area contributed by atoms with Crippen molar-refractivity contribution >= 4 is 23.5 Å². The zero-order valence-electron chi connectivity index (χ0n) is 17.8. The molecule has 3 aromatic rings. The fourth-order valence-electron chi connectivity index (χ4n) is 3.22. The van der Waals surface area contributed by atoms with Crippen LogP contribution in [0.5, 0.6) is 0 Å². The summed E-state index contributed by atoms with van der Waals surface area (Å²) in [5.74, 6) is -0.886. The fourth-order valence-corrected chi connectivity index (χ4v) is 3.53. The first-order valence-corrected chi connectivity index (χ1v) is 10.5. The van der Waals surface area contributed by atoms with Crippen LogP contribution >= 0.6 is 11.6 Å². The van der Waals surface area contributed by atoms with Crippen LogP contribution in [0.4, 0.5) is 0 Å². The van der Waals surface area contributed by atoms with Crippen LogP contribution in [0.1, 0.15) is 46.9 Å². The maximum Gasteiger partial charge on any atom is 0.343 e. The molecule has 0 bridgehead atoms. The van der Waals surface area contributed by atoms with E-state index in [1.165, 1.54) is 6.92 Å². The maximum atomic E-state index is 12.7. The van der Waals surface area contributed by atoms with Crippen LogP contribution in [0, 0.1) is 6.92 Å². The van der Waals surface area contributed by atoms with Gasteiger partial charge in [0.15, 0.2) is 6.10 Å². The molecule has 0 aliphatic rings. The average molecular weight is 440 g/mol. The number of aryl methyl sites for hydroxylation is 1. The second-order valence-corrected chi connectivity index (χ2v) is 7.86. The number of rotatable bonds is 8. The van der Waals surface area contributed by atoms with E-state index in [4.69, 9.17) is 16.3 Å². The van der Waals surface area contributed by atoms with Crippen LogP contribution < -0.4 is 5.32 Å². The van der Waals surface area contributed by atoms with Crippen LogP contribution in [0.15, 0.2) is 60.7 Å². The molecule has 6 nitrogen and oxygen atoms in total. The zero-order chi connectivity index (χ0) is 22.4. The molecule has 2 atom stereocenters. The van der Waals surface area contributed by atoms with Gasteiger partial charge in [0, 0.05) is 6.54 Å². The van der Waals surface area contributed by atoms with E-state index in [0.717, 1.165) is 11.1 Å². The topological polar surface area (TPSA) is 73.2 Å². The molecule has 0 saturated heterocycles. The highest BCUT2D eigenvalue weighted by Gasteiger charge is 2.26. The minimum absolute atomic E-state index is 0.140. The molecule has 0 aliphatic carbocycles. The van der Waals surface area contributed by atoms with Crippen molar-refractivity contribution in [1.82, 2.24) is 15.1 Å². The molecule has 31 heavy (non-hydrogen) atoms. The van der Waals surface area contributed by atoms with Gasteiger partial charge in [-0.15, -0.1) is 0 Å². The number of benzene rings is 2. The number of carbonyl (C=O) groups excluding carboxylic acids is 2. The van der Waals surface area contributed by atoms with Crippen molar-refractivity contribution in [2.75, 3.05) is 6.54 Å². The van der Waals surface area contributed by atoms with E-state index in [0.29, 0.717) is 18.8 Å². The quantitative estimate of drug-likeness (QED) is 0.529. The Bertz CT molecular complexity index is 1030. The summed E-state index contributed by atoms with van der Waals surface area (Å²) in [6.45, 7) is 6.13. The minimum atomic E-state index is -0.955. The Morgan fingerprint density at radius 2 is 1.68 bits per heavy atom. The van der Waals surface area contributed by atoms with Crippen molar-refractivity contribution < 1.29 is 14.3 Å². The second kappa shape index (κ2) is 10.3. The molecule has 2 aromatic carbocycles. The standard InChI is InChI=1S/C24H26ClN3O3/c1-16(20-12-8-5-9-13-20)14-26-23(29)18(3)31-24(30)21-17(2)27-28(22(21)25)15-19-10-6-4-7-11-19/h4-13,16,18H,14-15H2,1-3H3,(H,26,29)/t16-,18+/m0/s1. The molecule has 1 amide bonds. The Hall–Kier alpha value is -3.12. The van der Waals surface area contributed by atoms with Crippen LogP contribution in [0.3, 0.4) is 0 Å². The number of hydrogen-bond acceptors (Lipinski definition) is 4. The number of nitrogens with one attached hydrogen (secondary N) is 1.